The topological polar surface area (TPSA) is 3.24 Å². The second kappa shape index (κ2) is 9.53. The summed E-state index contributed by atoms with van der Waals surface area (Å²) in [6, 6.07) is 52.1. The fourth-order valence-corrected chi connectivity index (χ4v) is 10.1. The first-order valence-electron chi connectivity index (χ1n) is 15.8. The Labute approximate surface area is 275 Å². The number of nitrogens with zero attached hydrogens (tertiary/aromatic N) is 1. The molecule has 0 bridgehead atoms. The molecule has 0 aliphatic heterocycles. The minimum atomic E-state index is -0.0839. The normalized spacial score (nSPS) is 13.6. The molecule has 1 aliphatic rings. The molecule has 218 valence electrons. The van der Waals surface area contributed by atoms with Gasteiger partial charge in [0.05, 0.1) is 0 Å². The van der Waals surface area contributed by atoms with Crippen LogP contribution in [0.15, 0.2) is 140 Å². The first kappa shape index (κ1) is 26.3. The lowest BCUT2D eigenvalue weighted by Crippen LogP contribution is -2.16. The molecular formula is C43H29NS2. The van der Waals surface area contributed by atoms with Crippen molar-refractivity contribution in [2.75, 3.05) is 4.90 Å². The molecule has 46 heavy (non-hydrogen) atoms. The highest BCUT2D eigenvalue weighted by Gasteiger charge is 2.36. The van der Waals surface area contributed by atoms with E-state index in [2.05, 4.69) is 158 Å². The highest BCUT2D eigenvalue weighted by molar-refractivity contribution is 7.26. The van der Waals surface area contributed by atoms with E-state index in [1.165, 1.54) is 90.4 Å². The number of fused-ring (bicyclic) bond motifs is 11. The van der Waals surface area contributed by atoms with Crippen LogP contribution >= 0.6 is 22.7 Å². The lowest BCUT2D eigenvalue weighted by molar-refractivity contribution is 0.666. The molecular weight excluding hydrogens is 595 g/mol. The van der Waals surface area contributed by atoms with Gasteiger partial charge in [-0.05, 0) is 87.6 Å². The van der Waals surface area contributed by atoms with E-state index in [1.54, 1.807) is 0 Å². The molecule has 0 saturated carbocycles. The molecule has 0 fully saturated rings. The van der Waals surface area contributed by atoms with Crippen molar-refractivity contribution in [3.63, 3.8) is 0 Å². The zero-order valence-electron chi connectivity index (χ0n) is 25.5. The second-order valence-corrected chi connectivity index (χ2v) is 15.1. The summed E-state index contributed by atoms with van der Waals surface area (Å²) in [5, 5.41) is 7.88. The monoisotopic (exact) mass is 623 g/mol. The Morgan fingerprint density at radius 1 is 0.435 bits per heavy atom. The van der Waals surface area contributed by atoms with E-state index in [1.807, 2.05) is 22.7 Å². The van der Waals surface area contributed by atoms with Gasteiger partial charge in [-0.25, -0.2) is 0 Å². The van der Waals surface area contributed by atoms with Crippen LogP contribution in [0.25, 0.3) is 62.2 Å². The average Bonchev–Trinajstić information content (AvgIpc) is 3.72. The van der Waals surface area contributed by atoms with Gasteiger partial charge in [-0.3, -0.25) is 0 Å². The SMILES string of the molecule is CC1(C)c2ccccc2-c2ccc3ccc(N(c4ccc5c(c4)sc4ccccc45)c4ccc5sc6ccccc6c5c4)cc3c21. The zero-order valence-corrected chi connectivity index (χ0v) is 27.2. The van der Waals surface area contributed by atoms with Crippen molar-refractivity contribution in [2.45, 2.75) is 19.3 Å². The molecule has 0 N–H and O–H groups in total. The van der Waals surface area contributed by atoms with E-state index in [0.717, 1.165) is 0 Å². The first-order chi connectivity index (χ1) is 22.5. The molecule has 0 unspecified atom stereocenters. The fourth-order valence-electron chi connectivity index (χ4n) is 7.90. The van der Waals surface area contributed by atoms with Crippen molar-refractivity contribution < 1.29 is 0 Å². The Hall–Kier alpha value is -4.96. The maximum absolute atomic E-state index is 2.46. The lowest BCUT2D eigenvalue weighted by atomic mass is 9.80. The average molecular weight is 624 g/mol. The molecule has 3 heteroatoms. The van der Waals surface area contributed by atoms with E-state index < -0.39 is 0 Å². The van der Waals surface area contributed by atoms with Gasteiger partial charge < -0.3 is 4.90 Å². The van der Waals surface area contributed by atoms with Gasteiger partial charge in [-0.15, -0.1) is 22.7 Å². The molecule has 9 aromatic rings. The molecule has 7 aromatic carbocycles. The van der Waals surface area contributed by atoms with Gasteiger partial charge in [-0.2, -0.15) is 0 Å². The largest absolute Gasteiger partial charge is 0.310 e. The Kier molecular flexibility index (Phi) is 5.44. The van der Waals surface area contributed by atoms with Crippen LogP contribution in [0.4, 0.5) is 17.1 Å². The summed E-state index contributed by atoms with van der Waals surface area (Å²) < 4.78 is 5.29. The van der Waals surface area contributed by atoms with E-state index in [9.17, 15) is 0 Å². The second-order valence-electron chi connectivity index (χ2n) is 13.0. The number of benzene rings is 7. The maximum Gasteiger partial charge on any atom is 0.0476 e. The molecule has 0 radical (unpaired) electrons. The third kappa shape index (κ3) is 3.67. The summed E-state index contributed by atoms with van der Waals surface area (Å²) in [5.41, 5.74) is 8.98. The fraction of sp³-hybridized carbons (Fsp3) is 0.0698. The number of hydrogen-bond donors (Lipinski definition) is 0. The van der Waals surface area contributed by atoms with Crippen molar-refractivity contribution >= 4 is 90.9 Å². The van der Waals surface area contributed by atoms with Crippen LogP contribution in [-0.2, 0) is 5.41 Å². The quantitative estimate of drug-likeness (QED) is 0.189. The molecule has 0 spiro atoms. The van der Waals surface area contributed by atoms with E-state index in [4.69, 9.17) is 0 Å². The highest BCUT2D eigenvalue weighted by atomic mass is 32.1. The summed E-state index contributed by atoms with van der Waals surface area (Å²) >= 11 is 3.75. The third-order valence-electron chi connectivity index (χ3n) is 10.0. The zero-order chi connectivity index (χ0) is 30.6. The Balaban J connectivity index is 1.23. The van der Waals surface area contributed by atoms with Crippen molar-refractivity contribution in [1.29, 1.82) is 0 Å². The molecule has 10 rings (SSSR count). The van der Waals surface area contributed by atoms with Crippen LogP contribution in [-0.4, -0.2) is 0 Å². The van der Waals surface area contributed by atoms with Gasteiger partial charge >= 0.3 is 0 Å². The summed E-state index contributed by atoms with van der Waals surface area (Å²) in [6.45, 7) is 4.76. The minimum Gasteiger partial charge on any atom is -0.310 e. The van der Waals surface area contributed by atoms with E-state index in [-0.39, 0.29) is 5.41 Å². The first-order valence-corrected chi connectivity index (χ1v) is 17.5. The van der Waals surface area contributed by atoms with Crippen LogP contribution in [0.3, 0.4) is 0 Å². The minimum absolute atomic E-state index is 0.0839. The van der Waals surface area contributed by atoms with Crippen molar-refractivity contribution in [3.8, 4) is 11.1 Å². The summed E-state index contributed by atoms with van der Waals surface area (Å²) in [7, 11) is 0. The van der Waals surface area contributed by atoms with Gasteiger partial charge in [0.25, 0.3) is 0 Å². The van der Waals surface area contributed by atoms with Gasteiger partial charge in [0, 0.05) is 62.8 Å². The van der Waals surface area contributed by atoms with Gasteiger partial charge in [0.15, 0.2) is 0 Å². The Bertz CT molecular complexity index is 2690. The molecule has 2 aromatic heterocycles. The molecule has 2 heterocycles. The maximum atomic E-state index is 2.46. The number of hydrogen-bond acceptors (Lipinski definition) is 3. The summed E-state index contributed by atoms with van der Waals surface area (Å²) in [5.74, 6) is 0. The predicted molar refractivity (Wildman–Crippen MR) is 202 cm³/mol. The van der Waals surface area contributed by atoms with Crippen LogP contribution in [0, 0.1) is 0 Å². The number of rotatable bonds is 3. The molecule has 0 atom stereocenters. The van der Waals surface area contributed by atoms with Crippen molar-refractivity contribution in [3.05, 3.63) is 151 Å². The predicted octanol–water partition coefficient (Wildman–Crippen LogP) is 13.4. The van der Waals surface area contributed by atoms with Gasteiger partial charge in [-0.1, -0.05) is 98.8 Å². The van der Waals surface area contributed by atoms with Crippen molar-refractivity contribution in [1.82, 2.24) is 0 Å². The Morgan fingerprint density at radius 2 is 1.00 bits per heavy atom. The van der Waals surface area contributed by atoms with Crippen molar-refractivity contribution in [2.24, 2.45) is 0 Å². The third-order valence-corrected chi connectivity index (χ3v) is 12.3. The molecule has 1 aliphatic carbocycles. The summed E-state index contributed by atoms with van der Waals surface area (Å²) in [6.07, 6.45) is 0. The smallest absolute Gasteiger partial charge is 0.0476 e. The Morgan fingerprint density at radius 3 is 1.83 bits per heavy atom. The standard InChI is InChI=1S/C43H29NS2/c1-43(2)37-12-6-3-9-30(37)34-20-16-26-15-17-27(23-35(26)42(34)43)44(28-19-22-40-36(24-28)32-11-5-8-14-39(32)45-40)29-18-21-33-31-10-4-7-13-38(31)46-41(33)25-29/h3-25H,1-2H3. The van der Waals surface area contributed by atoms with Crippen LogP contribution in [0.5, 0.6) is 0 Å². The van der Waals surface area contributed by atoms with Crippen LogP contribution < -0.4 is 4.90 Å². The molecule has 0 saturated heterocycles. The van der Waals surface area contributed by atoms with Gasteiger partial charge in [0.2, 0.25) is 0 Å². The molecule has 0 amide bonds. The van der Waals surface area contributed by atoms with E-state index >= 15 is 0 Å². The lowest BCUT2D eigenvalue weighted by Gasteiger charge is -2.28. The number of anilines is 3. The highest BCUT2D eigenvalue weighted by Crippen LogP contribution is 2.52. The summed E-state index contributed by atoms with van der Waals surface area (Å²) in [4.78, 5) is 2.46. The van der Waals surface area contributed by atoms with Crippen LogP contribution in [0.1, 0.15) is 25.0 Å². The van der Waals surface area contributed by atoms with E-state index in [0.29, 0.717) is 0 Å². The number of thiophene rings is 2. The van der Waals surface area contributed by atoms with Gasteiger partial charge in [0.1, 0.15) is 0 Å². The molecule has 1 nitrogen and oxygen atoms in total. The van der Waals surface area contributed by atoms with Crippen LogP contribution in [0.2, 0.25) is 0 Å².